The van der Waals surface area contributed by atoms with E-state index in [1.54, 1.807) is 0 Å². The van der Waals surface area contributed by atoms with Gasteiger partial charge < -0.3 is 14.6 Å². The molecule has 2 aliphatic rings. The molecule has 0 radical (unpaired) electrons. The minimum absolute atomic E-state index is 0.0239. The predicted octanol–water partition coefficient (Wildman–Crippen LogP) is 3.32. The maximum Gasteiger partial charge on any atom is 0.407 e. The Morgan fingerprint density at radius 3 is 2.38 bits per heavy atom. The lowest BCUT2D eigenvalue weighted by atomic mass is 9.85. The number of ether oxygens (including phenoxy) is 1. The molecule has 3 aromatic rings. The first-order valence-corrected chi connectivity index (χ1v) is 10.0. The summed E-state index contributed by atoms with van der Waals surface area (Å²) in [4.78, 5) is 13.7. The summed E-state index contributed by atoms with van der Waals surface area (Å²) in [7, 11) is 0. The van der Waals surface area contributed by atoms with Gasteiger partial charge in [0.05, 0.1) is 12.5 Å². The highest BCUT2D eigenvalue weighted by Crippen LogP contribution is 2.36. The van der Waals surface area contributed by atoms with Gasteiger partial charge in [0.15, 0.2) is 0 Å². The number of benzene rings is 2. The van der Waals surface area contributed by atoms with E-state index in [1.165, 1.54) is 11.1 Å². The molecule has 0 saturated carbocycles. The van der Waals surface area contributed by atoms with Gasteiger partial charge in [0, 0.05) is 31.6 Å². The van der Waals surface area contributed by atoms with Crippen molar-refractivity contribution in [3.63, 3.8) is 0 Å². The second kappa shape index (κ2) is 7.72. The molecule has 6 heteroatoms. The normalized spacial score (nSPS) is 19.1. The van der Waals surface area contributed by atoms with E-state index in [4.69, 9.17) is 9.26 Å². The first kappa shape index (κ1) is 17.9. The summed E-state index contributed by atoms with van der Waals surface area (Å²) in [6, 6.07) is 20.9. The van der Waals surface area contributed by atoms with Gasteiger partial charge in [-0.2, -0.15) is 0 Å². The third-order valence-corrected chi connectivity index (χ3v) is 5.69. The molecule has 1 atom stereocenters. The fourth-order valence-electron chi connectivity index (χ4n) is 4.29. The van der Waals surface area contributed by atoms with Crippen LogP contribution in [0.5, 0.6) is 0 Å². The topological polar surface area (TPSA) is 67.6 Å². The Morgan fingerprint density at radius 2 is 1.76 bits per heavy atom. The number of cyclic esters (lactones) is 1. The van der Waals surface area contributed by atoms with Crippen LogP contribution in [0.15, 0.2) is 65.2 Å². The lowest BCUT2D eigenvalue weighted by molar-refractivity contribution is 0.102. The van der Waals surface area contributed by atoms with E-state index in [9.17, 15) is 4.79 Å². The second-order valence-electron chi connectivity index (χ2n) is 7.62. The standard InChI is InChI=1S/C23H23N3O3/c27-23-24-13-18(28-23)14-26-12-11-20-19(15-26)22(25-29-20)21(16-7-3-1-4-8-16)17-9-5-2-6-10-17/h1-10,18,21H,11-15H2,(H,24,27)/t18-/m0/s1. The van der Waals surface area contributed by atoms with Crippen LogP contribution in [-0.4, -0.2) is 41.9 Å². The van der Waals surface area contributed by atoms with Gasteiger partial charge in [-0.3, -0.25) is 4.90 Å². The first-order valence-electron chi connectivity index (χ1n) is 10.0. The van der Waals surface area contributed by atoms with E-state index in [0.29, 0.717) is 13.1 Å². The Morgan fingerprint density at radius 1 is 1.07 bits per heavy atom. The van der Waals surface area contributed by atoms with Crippen LogP contribution in [0.25, 0.3) is 0 Å². The monoisotopic (exact) mass is 389 g/mol. The summed E-state index contributed by atoms with van der Waals surface area (Å²) in [5, 5.41) is 7.26. The highest BCUT2D eigenvalue weighted by Gasteiger charge is 2.32. The highest BCUT2D eigenvalue weighted by molar-refractivity contribution is 5.69. The molecule has 2 aliphatic heterocycles. The summed E-state index contributed by atoms with van der Waals surface area (Å²) >= 11 is 0. The molecular formula is C23H23N3O3. The van der Waals surface area contributed by atoms with Crippen molar-refractivity contribution in [3.05, 3.63) is 88.8 Å². The molecule has 148 valence electrons. The molecule has 2 aromatic carbocycles. The first-order chi connectivity index (χ1) is 14.3. The number of hydrogen-bond acceptors (Lipinski definition) is 5. The quantitative estimate of drug-likeness (QED) is 0.725. The van der Waals surface area contributed by atoms with Gasteiger partial charge in [-0.05, 0) is 11.1 Å². The molecule has 5 rings (SSSR count). The van der Waals surface area contributed by atoms with Crippen molar-refractivity contribution in [1.29, 1.82) is 0 Å². The minimum Gasteiger partial charge on any atom is -0.443 e. The number of rotatable bonds is 5. The van der Waals surface area contributed by atoms with Gasteiger partial charge in [0.25, 0.3) is 0 Å². The Bertz CT molecular complexity index is 948. The Balaban J connectivity index is 1.46. The molecule has 0 unspecified atom stereocenters. The molecular weight excluding hydrogens is 366 g/mol. The SMILES string of the molecule is O=C1NC[C@@H](CN2CCc3onc(C(c4ccccc4)c4ccccc4)c3C2)O1. The summed E-state index contributed by atoms with van der Waals surface area (Å²) in [5.74, 6) is 0.991. The number of nitrogens with one attached hydrogen (secondary N) is 1. The maximum absolute atomic E-state index is 11.3. The fraction of sp³-hybridized carbons (Fsp3) is 0.304. The average molecular weight is 389 g/mol. The van der Waals surface area contributed by atoms with Crippen LogP contribution in [0.2, 0.25) is 0 Å². The number of aromatic nitrogens is 1. The Kier molecular flexibility index (Phi) is 4.77. The maximum atomic E-state index is 11.3. The number of alkyl carbamates (subject to hydrolysis) is 1. The third-order valence-electron chi connectivity index (χ3n) is 5.69. The summed E-state index contributed by atoms with van der Waals surface area (Å²) < 4.78 is 11.1. The summed E-state index contributed by atoms with van der Waals surface area (Å²) in [5.41, 5.74) is 4.52. The molecule has 0 spiro atoms. The number of amides is 1. The van der Waals surface area contributed by atoms with Gasteiger partial charge in [-0.15, -0.1) is 0 Å². The molecule has 1 amide bonds. The molecule has 1 saturated heterocycles. The Hall–Kier alpha value is -3.12. The number of nitrogens with zero attached hydrogens (tertiary/aromatic N) is 2. The van der Waals surface area contributed by atoms with Crippen LogP contribution in [0, 0.1) is 0 Å². The van der Waals surface area contributed by atoms with Gasteiger partial charge in [0.1, 0.15) is 17.6 Å². The van der Waals surface area contributed by atoms with Crippen molar-refractivity contribution in [2.75, 3.05) is 19.6 Å². The van der Waals surface area contributed by atoms with Gasteiger partial charge in [0.2, 0.25) is 0 Å². The minimum atomic E-state index is -0.327. The third kappa shape index (κ3) is 3.63. The highest BCUT2D eigenvalue weighted by atomic mass is 16.6. The van der Waals surface area contributed by atoms with Gasteiger partial charge in [-0.1, -0.05) is 65.8 Å². The zero-order valence-electron chi connectivity index (χ0n) is 16.1. The molecule has 1 fully saturated rings. The van der Waals surface area contributed by atoms with Crippen LogP contribution in [-0.2, 0) is 17.7 Å². The van der Waals surface area contributed by atoms with Gasteiger partial charge in [-0.25, -0.2) is 4.79 Å². The van der Waals surface area contributed by atoms with Crippen molar-refractivity contribution in [3.8, 4) is 0 Å². The molecule has 3 heterocycles. The van der Waals surface area contributed by atoms with Crippen LogP contribution in [0.4, 0.5) is 4.79 Å². The lowest BCUT2D eigenvalue weighted by Crippen LogP contribution is -2.38. The van der Waals surface area contributed by atoms with Crippen molar-refractivity contribution in [1.82, 2.24) is 15.4 Å². The van der Waals surface area contributed by atoms with Crippen LogP contribution in [0.1, 0.15) is 34.1 Å². The van der Waals surface area contributed by atoms with Crippen LogP contribution < -0.4 is 5.32 Å². The van der Waals surface area contributed by atoms with E-state index in [-0.39, 0.29) is 18.1 Å². The zero-order chi connectivity index (χ0) is 19.6. The molecule has 1 aromatic heterocycles. The smallest absolute Gasteiger partial charge is 0.407 e. The molecule has 0 bridgehead atoms. The van der Waals surface area contributed by atoms with Gasteiger partial charge >= 0.3 is 6.09 Å². The predicted molar refractivity (Wildman–Crippen MR) is 108 cm³/mol. The average Bonchev–Trinajstić information content (AvgIpc) is 3.36. The zero-order valence-corrected chi connectivity index (χ0v) is 16.1. The fourth-order valence-corrected chi connectivity index (χ4v) is 4.29. The number of carbonyl (C=O) groups is 1. The van der Waals surface area contributed by atoms with Crippen molar-refractivity contribution >= 4 is 6.09 Å². The molecule has 29 heavy (non-hydrogen) atoms. The largest absolute Gasteiger partial charge is 0.443 e. The number of fused-ring (bicyclic) bond motifs is 1. The summed E-state index contributed by atoms with van der Waals surface area (Å²) in [6.45, 7) is 2.90. The van der Waals surface area contributed by atoms with E-state index in [1.807, 2.05) is 12.1 Å². The van der Waals surface area contributed by atoms with Crippen molar-refractivity contribution < 1.29 is 14.1 Å². The van der Waals surface area contributed by atoms with E-state index >= 15 is 0 Å². The number of carbonyl (C=O) groups excluding carboxylic acids is 1. The van der Waals surface area contributed by atoms with E-state index < -0.39 is 0 Å². The van der Waals surface area contributed by atoms with Crippen LogP contribution >= 0.6 is 0 Å². The summed E-state index contributed by atoms with van der Waals surface area (Å²) in [6.07, 6.45) is 0.380. The van der Waals surface area contributed by atoms with E-state index in [0.717, 1.165) is 36.5 Å². The lowest BCUT2D eigenvalue weighted by Gasteiger charge is -2.28. The molecule has 0 aliphatic carbocycles. The van der Waals surface area contributed by atoms with Crippen molar-refractivity contribution in [2.45, 2.75) is 25.0 Å². The van der Waals surface area contributed by atoms with Crippen molar-refractivity contribution in [2.24, 2.45) is 0 Å². The Labute approximate surface area is 169 Å². The number of hydrogen-bond donors (Lipinski definition) is 1. The van der Waals surface area contributed by atoms with Crippen LogP contribution in [0.3, 0.4) is 0 Å². The second-order valence-corrected chi connectivity index (χ2v) is 7.62. The van der Waals surface area contributed by atoms with E-state index in [2.05, 4.69) is 63.9 Å². The molecule has 6 nitrogen and oxygen atoms in total. The molecule has 1 N–H and O–H groups in total.